The maximum absolute atomic E-state index is 15.1. The van der Waals surface area contributed by atoms with E-state index < -0.39 is 184 Å². The lowest BCUT2D eigenvalue weighted by atomic mass is 9.77. The smallest absolute Gasteiger partial charge is 0.251 e. The Morgan fingerprint density at radius 3 is 1.89 bits per heavy atom. The highest BCUT2D eigenvalue weighted by atomic mass is 16.5. The normalized spacial score (nSPS) is 27.5. The number of ether oxygens (including phenoxy) is 2. The summed E-state index contributed by atoms with van der Waals surface area (Å²) in [4.78, 5) is 110. The van der Waals surface area contributed by atoms with E-state index in [1.807, 2.05) is 25.3 Å². The van der Waals surface area contributed by atoms with Crippen LogP contribution in [-0.2, 0) is 45.5 Å². The number of methoxy groups -OCH3 is 1. The van der Waals surface area contributed by atoms with Gasteiger partial charge in [-0.3, -0.25) is 38.5 Å². The number of aromatic hydroxyl groups is 1. The van der Waals surface area contributed by atoms with Crippen LogP contribution in [0.25, 0.3) is 11.1 Å². The van der Waals surface area contributed by atoms with Gasteiger partial charge in [-0.15, -0.1) is 0 Å². The first-order valence-corrected chi connectivity index (χ1v) is 35.7. The Labute approximate surface area is 603 Å². The van der Waals surface area contributed by atoms with E-state index in [-0.39, 0.29) is 67.7 Å². The zero-order valence-corrected chi connectivity index (χ0v) is 58.9. The van der Waals surface area contributed by atoms with Crippen LogP contribution in [0.1, 0.15) is 80.3 Å². The van der Waals surface area contributed by atoms with E-state index >= 15 is 9.59 Å². The van der Waals surface area contributed by atoms with Crippen molar-refractivity contribution in [2.75, 3.05) is 104 Å². The Kier molecular flexibility index (Phi) is 28.7. The fourth-order valence-corrected chi connectivity index (χ4v) is 14.5. The van der Waals surface area contributed by atoms with Gasteiger partial charge in [0.05, 0.1) is 80.7 Å². The van der Waals surface area contributed by atoms with Crippen LogP contribution in [0, 0.1) is 5.92 Å². The Morgan fingerprint density at radius 1 is 0.663 bits per heavy atom. The minimum absolute atomic E-state index is 0.0684. The number of aliphatic hydroxyl groups excluding tert-OH is 10. The van der Waals surface area contributed by atoms with E-state index in [1.54, 1.807) is 12.1 Å². The molecule has 0 spiro atoms. The van der Waals surface area contributed by atoms with Crippen LogP contribution in [0.3, 0.4) is 0 Å². The van der Waals surface area contributed by atoms with Gasteiger partial charge in [0.1, 0.15) is 42.9 Å². The summed E-state index contributed by atoms with van der Waals surface area (Å²) >= 11 is 0. The third-order valence-electron chi connectivity index (χ3n) is 20.8. The fourth-order valence-electron chi connectivity index (χ4n) is 14.5. The lowest BCUT2D eigenvalue weighted by Crippen LogP contribution is -2.64. The lowest BCUT2D eigenvalue weighted by Gasteiger charge is -2.46. The second-order valence-electron chi connectivity index (χ2n) is 27.9. The number of piperazine rings is 1. The van der Waals surface area contributed by atoms with Gasteiger partial charge in [0.15, 0.2) is 11.5 Å². The number of fused-ring (bicyclic) bond motifs is 2. The second kappa shape index (κ2) is 37.3. The summed E-state index contributed by atoms with van der Waals surface area (Å²) in [6.07, 6.45) is -8.45. The number of hydrogen-bond donors (Lipinski definition) is 18. The van der Waals surface area contributed by atoms with Crippen LogP contribution >= 0.6 is 0 Å². The molecular formula is C73H103N11O20. The number of carbonyl (C=O) groups excluding carboxylic acids is 7. The molecule has 31 nitrogen and oxygen atoms in total. The van der Waals surface area contributed by atoms with Crippen molar-refractivity contribution in [3.8, 4) is 22.6 Å². The summed E-state index contributed by atoms with van der Waals surface area (Å²) in [5.41, 5.74) is 3.91. The Bertz CT molecular complexity index is 3490. The SMILES string of the molecule is COC1(c2ccccc2)CCC(N2CCN(c3ccc(-c4ccc(C(=O)NC5C[C@@H](O)CNC(=O)[C@@H]6[C@@H](O)[C@@H](C)CN6C(=O)[C@H]([C@H](O)CCNC(CO)CO)NC(=O)[C@H]([C@H](O)Cc6ccc(O)c(OCCNC(CO)CO)c6)NC(=O)[C@@H]6C[C@@H](O)CN6C(=O)[C@H]([C@@H](C)O)NC5=O)cc4)cc3)CC2)CC1. The maximum atomic E-state index is 15.1. The van der Waals surface area contributed by atoms with Gasteiger partial charge in [0.2, 0.25) is 35.4 Å². The Hall–Kier alpha value is -7.99. The molecule has 31 heteroatoms. The van der Waals surface area contributed by atoms with Crippen molar-refractivity contribution in [1.29, 1.82) is 0 Å². The molecule has 5 fully saturated rings. The van der Waals surface area contributed by atoms with Gasteiger partial charge in [0, 0.05) is 102 Å². The van der Waals surface area contributed by atoms with Gasteiger partial charge >= 0.3 is 0 Å². The predicted octanol–water partition coefficient (Wildman–Crippen LogP) is -3.73. The molecule has 5 aliphatic rings. The number of benzene rings is 4. The highest BCUT2D eigenvalue weighted by Crippen LogP contribution is 2.42. The molecule has 0 bridgehead atoms. The number of nitrogens with one attached hydrogen (secondary N) is 7. The summed E-state index contributed by atoms with van der Waals surface area (Å²) in [7, 11) is 1.81. The Morgan fingerprint density at radius 2 is 1.27 bits per heavy atom. The molecule has 1 aliphatic carbocycles. The van der Waals surface area contributed by atoms with Crippen LogP contribution in [0.15, 0.2) is 97.1 Å². The van der Waals surface area contributed by atoms with Gasteiger partial charge in [-0.1, -0.05) is 67.6 Å². The molecule has 570 valence electrons. The molecule has 104 heavy (non-hydrogen) atoms. The average molecular weight is 1450 g/mol. The predicted molar refractivity (Wildman–Crippen MR) is 378 cm³/mol. The maximum Gasteiger partial charge on any atom is 0.251 e. The minimum Gasteiger partial charge on any atom is -0.504 e. The standard InChI is InChI=1S/C73H103N11O20/c1-42-36-84-64(65(42)95)70(100)76-35-53(90)33-55(77-66(96)47-12-10-45(11-13-47)46-14-16-51(17-15-46)81-26-28-82(29-27-81)52-19-22-73(103-3,23-20-52)48-7-5-4-6-8-48)67(97)78-61(43(2)89)71(101)83-37-54(91)34-56(83)68(98)79-62(69(99)80-63(72(84)102)58(93)21-24-74-49(38-85)39-86)59(94)31-44-9-18-57(92)60(32-44)104-30-25-75-50(40-87)41-88/h4-18,32,42-43,49-50,52-56,58-59,61-65,74-75,85-95H,19-31,33-41H2,1-3H3,(H,76,100)(H,77,96)(H,78,97)(H,79,98)(H,80,99)/t42-,43+,52?,53+,54+,55?,56-,58+,59+,61-,62-,63-,64-,65-,73?/m0/s1. The highest BCUT2D eigenvalue weighted by Gasteiger charge is 2.50. The molecule has 4 saturated heterocycles. The number of nitrogens with zero attached hydrogens (tertiary/aromatic N) is 4. The first kappa shape index (κ1) is 80.1. The molecule has 7 amide bonds. The monoisotopic (exact) mass is 1450 g/mol. The van der Waals surface area contributed by atoms with Gasteiger partial charge in [-0.2, -0.15) is 0 Å². The zero-order valence-electron chi connectivity index (χ0n) is 58.9. The lowest BCUT2D eigenvalue weighted by molar-refractivity contribution is -0.147. The van der Waals surface area contributed by atoms with Crippen LogP contribution in [0.5, 0.6) is 11.5 Å². The van der Waals surface area contributed by atoms with Gasteiger partial charge in [-0.05, 0) is 104 Å². The number of carbonyl (C=O) groups is 7. The topological polar surface area (TPSA) is 458 Å². The summed E-state index contributed by atoms with van der Waals surface area (Å²) in [5, 5.41) is 137. The molecule has 1 saturated carbocycles. The molecule has 4 aliphatic heterocycles. The van der Waals surface area contributed by atoms with Crippen molar-refractivity contribution in [1.82, 2.24) is 51.9 Å². The van der Waals surface area contributed by atoms with E-state index in [1.165, 1.54) is 42.8 Å². The molecule has 9 rings (SSSR count). The molecular weight excluding hydrogens is 1350 g/mol. The van der Waals surface area contributed by atoms with E-state index in [9.17, 15) is 80.1 Å². The van der Waals surface area contributed by atoms with Crippen LogP contribution in [-0.4, -0.2) is 302 Å². The molecule has 1 unspecified atom stereocenters. The summed E-state index contributed by atoms with van der Waals surface area (Å²) in [6, 6.07) is 16.5. The van der Waals surface area contributed by atoms with Gasteiger partial charge in [0.25, 0.3) is 5.91 Å². The molecule has 13 atom stereocenters. The van der Waals surface area contributed by atoms with E-state index in [4.69, 9.17) is 9.47 Å². The molecule has 0 aromatic heterocycles. The van der Waals surface area contributed by atoms with Crippen molar-refractivity contribution in [3.05, 3.63) is 114 Å². The van der Waals surface area contributed by atoms with E-state index in [2.05, 4.69) is 83.4 Å². The molecule has 4 aromatic rings. The number of anilines is 1. The third kappa shape index (κ3) is 19.9. The summed E-state index contributed by atoms with van der Waals surface area (Å²) < 4.78 is 11.9. The van der Waals surface area contributed by atoms with Crippen LogP contribution < -0.4 is 46.9 Å². The Balaban J connectivity index is 0.945. The van der Waals surface area contributed by atoms with Crippen molar-refractivity contribution in [3.63, 3.8) is 0 Å². The molecule has 18 N–H and O–H groups in total. The molecule has 0 radical (unpaired) electrons. The van der Waals surface area contributed by atoms with Crippen LogP contribution in [0.4, 0.5) is 5.69 Å². The quantitative estimate of drug-likeness (QED) is 0.0284. The van der Waals surface area contributed by atoms with Crippen LogP contribution in [0.2, 0.25) is 0 Å². The molecule has 4 aromatic carbocycles. The summed E-state index contributed by atoms with van der Waals surface area (Å²) in [6.45, 7) is 2.60. The fraction of sp³-hybridized carbons (Fsp3) is 0.575. The van der Waals surface area contributed by atoms with Crippen molar-refractivity contribution in [2.45, 2.75) is 162 Å². The minimum atomic E-state index is -2.14. The van der Waals surface area contributed by atoms with Crippen molar-refractivity contribution in [2.24, 2.45) is 5.92 Å². The van der Waals surface area contributed by atoms with Crippen molar-refractivity contribution >= 4 is 47.0 Å². The summed E-state index contributed by atoms with van der Waals surface area (Å²) in [5.74, 6) is -9.09. The molecule has 4 heterocycles. The second-order valence-corrected chi connectivity index (χ2v) is 27.9. The first-order chi connectivity index (χ1) is 49.9. The number of phenols is 1. The van der Waals surface area contributed by atoms with Crippen molar-refractivity contribution < 1.29 is 99.2 Å². The first-order valence-electron chi connectivity index (χ1n) is 35.7. The van der Waals surface area contributed by atoms with Gasteiger partial charge in [-0.25, -0.2) is 0 Å². The number of rotatable bonds is 25. The number of phenolic OH excluding ortho intramolecular Hbond substituents is 1. The van der Waals surface area contributed by atoms with E-state index in [0.717, 1.165) is 85.4 Å². The largest absolute Gasteiger partial charge is 0.504 e. The number of hydrogen-bond acceptors (Lipinski definition) is 24. The number of aliphatic hydroxyl groups is 10. The third-order valence-corrected chi connectivity index (χ3v) is 20.8. The zero-order chi connectivity index (χ0) is 74.9. The number of amides is 7. The van der Waals surface area contributed by atoms with Gasteiger partial charge < -0.3 is 118 Å². The van der Waals surface area contributed by atoms with E-state index in [0.29, 0.717) is 6.04 Å². The number of β-amino-alcohol motifs (C(OH)–C–C–N with tert-alkyl or cyclic N) is 1. The average Bonchev–Trinajstić information content (AvgIpc) is 1.51. The highest BCUT2D eigenvalue weighted by molar-refractivity contribution is 6.00.